The maximum Gasteiger partial charge on any atom is 0.265 e. The second-order valence-electron chi connectivity index (χ2n) is 4.77. The predicted octanol–water partition coefficient (Wildman–Crippen LogP) is 2.02. The fourth-order valence-electron chi connectivity index (χ4n) is 2.04. The minimum atomic E-state index is -3.65. The highest BCUT2D eigenvalue weighted by atomic mass is 32.2. The highest BCUT2D eigenvalue weighted by Gasteiger charge is 2.24. The van der Waals surface area contributed by atoms with Crippen LogP contribution >= 0.6 is 0 Å². The highest BCUT2D eigenvalue weighted by Crippen LogP contribution is 2.21. The molecule has 0 aliphatic rings. The summed E-state index contributed by atoms with van der Waals surface area (Å²) in [5, 5.41) is 10.0. The van der Waals surface area contributed by atoms with Gasteiger partial charge in [0, 0.05) is 12.2 Å². The van der Waals surface area contributed by atoms with Gasteiger partial charge in [-0.05, 0) is 32.0 Å². The molecule has 0 atom stereocenters. The third-order valence-electron chi connectivity index (χ3n) is 2.98. The Kier molecular flexibility index (Phi) is 4.98. The Hall–Kier alpha value is -1.86. The van der Waals surface area contributed by atoms with Gasteiger partial charge in [-0.3, -0.25) is 9.82 Å². The molecule has 0 unspecified atom stereocenters. The van der Waals surface area contributed by atoms with Crippen LogP contribution in [0, 0.1) is 6.92 Å². The second-order valence-corrected chi connectivity index (χ2v) is 6.39. The number of aromatic amines is 1. The Morgan fingerprint density at radius 1 is 1.24 bits per heavy atom. The largest absolute Gasteiger partial charge is 0.311 e. The lowest BCUT2D eigenvalue weighted by molar-refractivity contribution is 0.596. The van der Waals surface area contributed by atoms with Gasteiger partial charge in [-0.15, -0.1) is 0 Å². The molecule has 7 heteroatoms. The van der Waals surface area contributed by atoms with Crippen molar-refractivity contribution in [2.75, 3.05) is 11.3 Å². The third-order valence-corrected chi connectivity index (χ3v) is 4.56. The molecule has 0 radical (unpaired) electrons. The third kappa shape index (κ3) is 3.83. The molecule has 0 aliphatic heterocycles. The first-order chi connectivity index (χ1) is 10.0. The zero-order chi connectivity index (χ0) is 15.3. The summed E-state index contributed by atoms with van der Waals surface area (Å²) in [7, 11) is -3.65. The molecule has 0 saturated carbocycles. The van der Waals surface area contributed by atoms with Gasteiger partial charge in [0.25, 0.3) is 10.0 Å². The zero-order valence-corrected chi connectivity index (χ0v) is 13.0. The van der Waals surface area contributed by atoms with Crippen molar-refractivity contribution in [1.82, 2.24) is 15.5 Å². The number of nitrogens with one attached hydrogen (secondary N) is 3. The van der Waals surface area contributed by atoms with Crippen LogP contribution in [-0.2, 0) is 16.6 Å². The first-order valence-electron chi connectivity index (χ1n) is 6.87. The fourth-order valence-corrected chi connectivity index (χ4v) is 3.47. The van der Waals surface area contributed by atoms with Crippen molar-refractivity contribution in [2.24, 2.45) is 0 Å². The smallest absolute Gasteiger partial charge is 0.265 e. The maximum absolute atomic E-state index is 12.5. The van der Waals surface area contributed by atoms with E-state index in [9.17, 15) is 8.42 Å². The zero-order valence-electron chi connectivity index (χ0n) is 12.2. The molecule has 2 aromatic rings. The lowest BCUT2D eigenvalue weighted by Crippen LogP contribution is -2.19. The number of sulfonamides is 1. The minimum Gasteiger partial charge on any atom is -0.311 e. The van der Waals surface area contributed by atoms with Crippen molar-refractivity contribution in [3.63, 3.8) is 0 Å². The summed E-state index contributed by atoms with van der Waals surface area (Å²) in [6.45, 7) is 4.99. The molecular formula is C14H20N4O2S. The van der Waals surface area contributed by atoms with Crippen LogP contribution in [0.1, 0.15) is 24.7 Å². The molecule has 1 aromatic heterocycles. The van der Waals surface area contributed by atoms with E-state index in [0.717, 1.165) is 13.0 Å². The number of nitrogens with zero attached hydrogens (tertiary/aromatic N) is 1. The number of para-hydroxylation sites is 1. The Morgan fingerprint density at radius 3 is 2.62 bits per heavy atom. The molecule has 3 N–H and O–H groups in total. The quantitative estimate of drug-likeness (QED) is 0.683. The van der Waals surface area contributed by atoms with E-state index in [1.807, 2.05) is 6.07 Å². The van der Waals surface area contributed by atoms with Gasteiger partial charge in [-0.2, -0.15) is 5.10 Å². The summed E-state index contributed by atoms with van der Waals surface area (Å²) in [5.41, 5.74) is 1.57. The second kappa shape index (κ2) is 6.73. The normalized spacial score (nSPS) is 11.5. The lowest BCUT2D eigenvalue weighted by Gasteiger charge is -2.09. The Bertz CT molecular complexity index is 680. The van der Waals surface area contributed by atoms with Crippen molar-refractivity contribution < 1.29 is 8.42 Å². The SMILES string of the molecule is CCCNCc1n[nH]c(C)c1S(=O)(=O)Nc1ccccc1. The van der Waals surface area contributed by atoms with Gasteiger partial charge in [-0.1, -0.05) is 25.1 Å². The molecule has 21 heavy (non-hydrogen) atoms. The topological polar surface area (TPSA) is 86.9 Å². The van der Waals surface area contributed by atoms with Gasteiger partial charge < -0.3 is 5.32 Å². The standard InChI is InChI=1S/C14H20N4O2S/c1-3-9-15-10-13-14(11(2)16-17-13)21(19,20)18-12-7-5-4-6-8-12/h4-8,15,18H,3,9-10H2,1-2H3,(H,16,17). The monoisotopic (exact) mass is 308 g/mol. The van der Waals surface area contributed by atoms with Gasteiger partial charge in [0.15, 0.2) is 0 Å². The van der Waals surface area contributed by atoms with E-state index < -0.39 is 10.0 Å². The number of hydrogen-bond donors (Lipinski definition) is 3. The molecule has 0 amide bonds. The van der Waals surface area contributed by atoms with E-state index in [1.54, 1.807) is 31.2 Å². The molecule has 0 spiro atoms. The molecule has 0 aliphatic carbocycles. The summed E-state index contributed by atoms with van der Waals surface area (Å²) in [6, 6.07) is 8.82. The number of benzene rings is 1. The minimum absolute atomic E-state index is 0.218. The van der Waals surface area contributed by atoms with E-state index in [-0.39, 0.29) is 4.90 Å². The molecule has 1 heterocycles. The molecule has 2 rings (SSSR count). The van der Waals surface area contributed by atoms with Crippen molar-refractivity contribution in [3.05, 3.63) is 41.7 Å². The molecule has 0 saturated heterocycles. The van der Waals surface area contributed by atoms with Gasteiger partial charge in [0.2, 0.25) is 0 Å². The van der Waals surface area contributed by atoms with Crippen LogP contribution in [0.5, 0.6) is 0 Å². The molecule has 0 fully saturated rings. The fraction of sp³-hybridized carbons (Fsp3) is 0.357. The first-order valence-corrected chi connectivity index (χ1v) is 8.35. The number of rotatable bonds is 7. The van der Waals surface area contributed by atoms with E-state index in [1.165, 1.54) is 0 Å². The molecule has 0 bridgehead atoms. The molecule has 114 valence electrons. The maximum atomic E-state index is 12.5. The first kappa shape index (κ1) is 15.5. The van der Waals surface area contributed by atoms with E-state index in [2.05, 4.69) is 27.2 Å². The van der Waals surface area contributed by atoms with Crippen molar-refractivity contribution in [1.29, 1.82) is 0 Å². The Labute approximate surface area is 125 Å². The van der Waals surface area contributed by atoms with Crippen LogP contribution in [0.15, 0.2) is 35.2 Å². The average Bonchev–Trinajstić information content (AvgIpc) is 2.82. The average molecular weight is 308 g/mol. The molecular weight excluding hydrogens is 288 g/mol. The summed E-state index contributed by atoms with van der Waals surface area (Å²) in [4.78, 5) is 0.218. The van der Waals surface area contributed by atoms with Gasteiger partial charge in [0.05, 0.1) is 11.4 Å². The summed E-state index contributed by atoms with van der Waals surface area (Å²) in [5.74, 6) is 0. The highest BCUT2D eigenvalue weighted by molar-refractivity contribution is 7.92. The molecule has 1 aromatic carbocycles. The van der Waals surface area contributed by atoms with E-state index in [0.29, 0.717) is 23.6 Å². The van der Waals surface area contributed by atoms with Gasteiger partial charge in [-0.25, -0.2) is 8.42 Å². The van der Waals surface area contributed by atoms with Crippen molar-refractivity contribution >= 4 is 15.7 Å². The van der Waals surface area contributed by atoms with Crippen LogP contribution in [0.2, 0.25) is 0 Å². The van der Waals surface area contributed by atoms with Gasteiger partial charge in [0.1, 0.15) is 4.90 Å². The number of aromatic nitrogens is 2. The number of aryl methyl sites for hydroxylation is 1. The number of H-pyrrole nitrogens is 1. The lowest BCUT2D eigenvalue weighted by atomic mass is 10.3. The van der Waals surface area contributed by atoms with Gasteiger partial charge >= 0.3 is 0 Å². The Morgan fingerprint density at radius 2 is 1.95 bits per heavy atom. The summed E-state index contributed by atoms with van der Waals surface area (Å²) < 4.78 is 27.7. The number of anilines is 1. The molecule has 6 nitrogen and oxygen atoms in total. The van der Waals surface area contributed by atoms with Crippen LogP contribution in [0.3, 0.4) is 0 Å². The van der Waals surface area contributed by atoms with E-state index >= 15 is 0 Å². The van der Waals surface area contributed by atoms with Crippen LogP contribution < -0.4 is 10.0 Å². The van der Waals surface area contributed by atoms with Crippen LogP contribution in [0.4, 0.5) is 5.69 Å². The summed E-state index contributed by atoms with van der Waals surface area (Å²) in [6.07, 6.45) is 0.980. The van der Waals surface area contributed by atoms with Crippen LogP contribution in [0.25, 0.3) is 0 Å². The van der Waals surface area contributed by atoms with Crippen LogP contribution in [-0.4, -0.2) is 25.2 Å². The predicted molar refractivity (Wildman–Crippen MR) is 82.6 cm³/mol. The summed E-state index contributed by atoms with van der Waals surface area (Å²) >= 11 is 0. The van der Waals surface area contributed by atoms with Crippen molar-refractivity contribution in [2.45, 2.75) is 31.7 Å². The van der Waals surface area contributed by atoms with E-state index in [4.69, 9.17) is 0 Å². The van der Waals surface area contributed by atoms with Crippen molar-refractivity contribution in [3.8, 4) is 0 Å². The Balaban J connectivity index is 2.25. The number of hydrogen-bond acceptors (Lipinski definition) is 4.